The smallest absolute Gasteiger partial charge is 0.282 e. The number of hydrogen-bond acceptors (Lipinski definition) is 5. The number of carbonyl (C=O) groups is 2. The first-order valence-electron chi connectivity index (χ1n) is 10.1. The van der Waals surface area contributed by atoms with Crippen LogP contribution in [0.5, 0.6) is 5.75 Å². The van der Waals surface area contributed by atoms with Gasteiger partial charge in [0.1, 0.15) is 11.4 Å². The van der Waals surface area contributed by atoms with Crippen molar-refractivity contribution >= 4 is 28.8 Å². The van der Waals surface area contributed by atoms with Crippen LogP contribution in [0.2, 0.25) is 0 Å². The van der Waals surface area contributed by atoms with E-state index in [9.17, 15) is 9.59 Å². The predicted molar refractivity (Wildman–Crippen MR) is 123 cm³/mol. The monoisotopic (exact) mass is 423 g/mol. The van der Waals surface area contributed by atoms with Crippen LogP contribution in [0, 0.1) is 25.2 Å². The average molecular weight is 423 g/mol. The number of anilines is 2. The zero-order chi connectivity index (χ0) is 22.8. The lowest BCUT2D eigenvalue weighted by atomic mass is 10.0. The number of hydrogen-bond donors (Lipinski definition) is 1. The maximum absolute atomic E-state index is 13.6. The van der Waals surface area contributed by atoms with Crippen molar-refractivity contribution in [2.24, 2.45) is 0 Å². The van der Waals surface area contributed by atoms with E-state index in [4.69, 9.17) is 10.00 Å². The van der Waals surface area contributed by atoms with Crippen LogP contribution >= 0.6 is 0 Å². The van der Waals surface area contributed by atoms with Crippen LogP contribution < -0.4 is 15.0 Å². The maximum atomic E-state index is 13.6. The maximum Gasteiger partial charge on any atom is 0.282 e. The Morgan fingerprint density at radius 2 is 1.66 bits per heavy atom. The highest BCUT2D eigenvalue weighted by molar-refractivity contribution is 6.46. The Bertz CT molecular complexity index is 1300. The highest BCUT2D eigenvalue weighted by Crippen LogP contribution is 2.37. The van der Waals surface area contributed by atoms with Gasteiger partial charge < -0.3 is 10.1 Å². The molecule has 32 heavy (non-hydrogen) atoms. The number of methoxy groups -OCH3 is 1. The van der Waals surface area contributed by atoms with Gasteiger partial charge in [-0.05, 0) is 61.4 Å². The average Bonchev–Trinajstić information content (AvgIpc) is 3.05. The third kappa shape index (κ3) is 3.61. The Hall–Kier alpha value is -4.37. The second kappa shape index (κ2) is 8.40. The third-order valence-electron chi connectivity index (χ3n) is 5.37. The number of imide groups is 1. The first kappa shape index (κ1) is 20.9. The van der Waals surface area contributed by atoms with Gasteiger partial charge in [-0.25, -0.2) is 4.90 Å². The molecular weight excluding hydrogens is 402 g/mol. The first-order chi connectivity index (χ1) is 15.4. The first-order valence-corrected chi connectivity index (χ1v) is 10.1. The molecule has 1 N–H and O–H groups in total. The fraction of sp³-hybridized carbons (Fsp3) is 0.115. The normalized spacial score (nSPS) is 13.4. The molecule has 6 heteroatoms. The summed E-state index contributed by atoms with van der Waals surface area (Å²) in [6.45, 7) is 3.90. The van der Waals surface area contributed by atoms with Crippen molar-refractivity contribution < 1.29 is 14.3 Å². The Kier molecular flexibility index (Phi) is 5.48. The summed E-state index contributed by atoms with van der Waals surface area (Å²) < 4.78 is 5.47. The molecule has 1 aliphatic heterocycles. The van der Waals surface area contributed by atoms with Crippen LogP contribution in [0.15, 0.2) is 72.4 Å². The molecular formula is C26H21N3O3. The Balaban J connectivity index is 1.87. The van der Waals surface area contributed by atoms with Crippen molar-refractivity contribution in [1.82, 2.24) is 0 Å². The van der Waals surface area contributed by atoms with E-state index in [1.807, 2.05) is 38.1 Å². The number of nitrogens with zero attached hydrogens (tertiary/aromatic N) is 2. The van der Waals surface area contributed by atoms with Gasteiger partial charge >= 0.3 is 0 Å². The molecule has 0 radical (unpaired) electrons. The van der Waals surface area contributed by atoms with E-state index >= 15 is 0 Å². The van der Waals surface area contributed by atoms with Gasteiger partial charge in [-0.15, -0.1) is 0 Å². The van der Waals surface area contributed by atoms with Crippen LogP contribution in [0.25, 0.3) is 5.57 Å². The number of benzene rings is 3. The lowest BCUT2D eigenvalue weighted by Gasteiger charge is -2.16. The molecule has 1 heterocycles. The van der Waals surface area contributed by atoms with Gasteiger partial charge in [0.15, 0.2) is 0 Å². The van der Waals surface area contributed by atoms with E-state index in [1.54, 1.807) is 48.5 Å². The SMILES string of the molecule is COc1ccccc1C1=C(Nc2cc(C)ccc2C)C(=O)N(c2ccc(C#N)cc2)C1=O. The predicted octanol–water partition coefficient (Wildman–Crippen LogP) is 4.58. The van der Waals surface area contributed by atoms with Crippen molar-refractivity contribution in [3.05, 3.63) is 94.7 Å². The molecule has 0 fully saturated rings. The number of amides is 2. The second-order valence-corrected chi connectivity index (χ2v) is 7.50. The fourth-order valence-corrected chi connectivity index (χ4v) is 3.67. The van der Waals surface area contributed by atoms with Crippen LogP contribution in [0.4, 0.5) is 11.4 Å². The number of ether oxygens (including phenoxy) is 1. The summed E-state index contributed by atoms with van der Waals surface area (Å²) in [5.74, 6) is -0.441. The molecule has 4 rings (SSSR count). The van der Waals surface area contributed by atoms with E-state index in [-0.39, 0.29) is 11.3 Å². The van der Waals surface area contributed by atoms with E-state index in [0.717, 1.165) is 21.7 Å². The van der Waals surface area contributed by atoms with Crippen LogP contribution in [-0.4, -0.2) is 18.9 Å². The standard InChI is InChI=1S/C26H21N3O3/c1-16-8-9-17(2)21(14-16)28-24-23(20-6-4-5-7-22(20)32-3)25(30)29(26(24)31)19-12-10-18(15-27)11-13-19/h4-14,28H,1-3H3. The Morgan fingerprint density at radius 3 is 2.34 bits per heavy atom. The molecule has 1 aliphatic rings. The largest absolute Gasteiger partial charge is 0.496 e. The van der Waals surface area contributed by atoms with E-state index in [2.05, 4.69) is 5.32 Å². The number of nitriles is 1. The molecule has 0 saturated heterocycles. The van der Waals surface area contributed by atoms with Crippen LogP contribution in [0.3, 0.4) is 0 Å². The summed E-state index contributed by atoms with van der Waals surface area (Å²) in [6, 6.07) is 21.4. The van der Waals surface area contributed by atoms with Gasteiger partial charge in [-0.1, -0.05) is 30.3 Å². The number of para-hydroxylation sites is 1. The van der Waals surface area contributed by atoms with Gasteiger partial charge in [-0.3, -0.25) is 9.59 Å². The molecule has 0 spiro atoms. The summed E-state index contributed by atoms with van der Waals surface area (Å²) in [5, 5.41) is 12.3. The molecule has 2 amide bonds. The minimum absolute atomic E-state index is 0.178. The molecule has 158 valence electrons. The van der Waals surface area contributed by atoms with Crippen molar-refractivity contribution in [1.29, 1.82) is 5.26 Å². The number of nitrogens with one attached hydrogen (secondary N) is 1. The fourth-order valence-electron chi connectivity index (χ4n) is 3.67. The zero-order valence-corrected chi connectivity index (χ0v) is 18.0. The molecule has 0 unspecified atom stereocenters. The quantitative estimate of drug-likeness (QED) is 0.608. The summed E-state index contributed by atoms with van der Waals surface area (Å²) >= 11 is 0. The molecule has 0 aromatic heterocycles. The number of aryl methyl sites for hydroxylation is 2. The second-order valence-electron chi connectivity index (χ2n) is 7.50. The van der Waals surface area contributed by atoms with Crippen LogP contribution in [-0.2, 0) is 9.59 Å². The highest BCUT2D eigenvalue weighted by Gasteiger charge is 2.41. The van der Waals surface area contributed by atoms with Crippen molar-refractivity contribution in [3.63, 3.8) is 0 Å². The van der Waals surface area contributed by atoms with Gasteiger partial charge in [0, 0.05) is 11.3 Å². The van der Waals surface area contributed by atoms with Gasteiger partial charge in [0.25, 0.3) is 11.8 Å². The van der Waals surface area contributed by atoms with Gasteiger partial charge in [-0.2, -0.15) is 5.26 Å². The van der Waals surface area contributed by atoms with Crippen LogP contribution in [0.1, 0.15) is 22.3 Å². The number of carbonyl (C=O) groups excluding carboxylic acids is 2. The van der Waals surface area contributed by atoms with Crippen molar-refractivity contribution in [2.75, 3.05) is 17.3 Å². The molecule has 0 aliphatic carbocycles. The molecule has 0 atom stereocenters. The molecule has 3 aromatic rings. The summed E-state index contributed by atoms with van der Waals surface area (Å²) in [7, 11) is 1.52. The van der Waals surface area contributed by atoms with E-state index in [1.165, 1.54) is 7.11 Å². The summed E-state index contributed by atoms with van der Waals surface area (Å²) in [5.41, 5.74) is 4.49. The molecule has 0 bridgehead atoms. The van der Waals surface area contributed by atoms with Crippen molar-refractivity contribution in [3.8, 4) is 11.8 Å². The van der Waals surface area contributed by atoms with Gasteiger partial charge in [0.2, 0.25) is 0 Å². The zero-order valence-electron chi connectivity index (χ0n) is 18.0. The lowest BCUT2D eigenvalue weighted by Crippen LogP contribution is -2.32. The minimum atomic E-state index is -0.471. The molecule has 6 nitrogen and oxygen atoms in total. The molecule has 3 aromatic carbocycles. The summed E-state index contributed by atoms with van der Waals surface area (Å²) in [6.07, 6.45) is 0. The van der Waals surface area contributed by atoms with Crippen molar-refractivity contribution in [2.45, 2.75) is 13.8 Å². The third-order valence-corrected chi connectivity index (χ3v) is 5.37. The highest BCUT2D eigenvalue weighted by atomic mass is 16.5. The summed E-state index contributed by atoms with van der Waals surface area (Å²) in [4.78, 5) is 28.2. The number of rotatable bonds is 5. The van der Waals surface area contributed by atoms with Gasteiger partial charge in [0.05, 0.1) is 30.0 Å². The topological polar surface area (TPSA) is 82.4 Å². The van der Waals surface area contributed by atoms with E-state index < -0.39 is 11.8 Å². The Labute approximate surface area is 186 Å². The lowest BCUT2D eigenvalue weighted by molar-refractivity contribution is -0.120. The molecule has 0 saturated carbocycles. The minimum Gasteiger partial charge on any atom is -0.496 e. The Morgan fingerprint density at radius 1 is 0.938 bits per heavy atom. The van der Waals surface area contributed by atoms with E-state index in [0.29, 0.717) is 22.6 Å².